The van der Waals surface area contributed by atoms with Crippen molar-refractivity contribution in [1.82, 2.24) is 4.90 Å². The van der Waals surface area contributed by atoms with E-state index in [0.29, 0.717) is 0 Å². The standard InChI is InChI=1S/C7H9NO.C6H6O3S/c1-8-4-2-7(6-9)3-5-8;7-10(8,9)6-4-2-1-3-5-6/h2-4,6H,5H2,1H3;1-5H,(H,7,8,9). The SMILES string of the molecule is CN1C=CC(C=O)=CC1.O=S(=O)(O)c1ccccc1. The van der Waals surface area contributed by atoms with E-state index < -0.39 is 10.1 Å². The molecule has 0 atom stereocenters. The van der Waals surface area contributed by atoms with Gasteiger partial charge in [0.15, 0.2) is 0 Å². The highest BCUT2D eigenvalue weighted by atomic mass is 32.2. The Balaban J connectivity index is 0.000000191. The summed E-state index contributed by atoms with van der Waals surface area (Å²) < 4.78 is 29.2. The van der Waals surface area contributed by atoms with Crippen molar-refractivity contribution >= 4 is 16.4 Å². The van der Waals surface area contributed by atoms with Crippen LogP contribution in [0.3, 0.4) is 0 Å². The molecule has 0 saturated carbocycles. The molecule has 1 N–H and O–H groups in total. The van der Waals surface area contributed by atoms with Crippen LogP contribution >= 0.6 is 0 Å². The van der Waals surface area contributed by atoms with Crippen LogP contribution < -0.4 is 0 Å². The highest BCUT2D eigenvalue weighted by molar-refractivity contribution is 7.85. The summed E-state index contributed by atoms with van der Waals surface area (Å²) in [5, 5.41) is 0. The van der Waals surface area contributed by atoms with Crippen molar-refractivity contribution in [2.45, 2.75) is 4.90 Å². The minimum Gasteiger partial charge on any atom is -0.377 e. The maximum absolute atomic E-state index is 10.4. The van der Waals surface area contributed by atoms with Crippen LogP contribution in [0.4, 0.5) is 0 Å². The molecule has 0 aliphatic carbocycles. The van der Waals surface area contributed by atoms with E-state index in [4.69, 9.17) is 4.55 Å². The smallest absolute Gasteiger partial charge is 0.294 e. The van der Waals surface area contributed by atoms with Gasteiger partial charge in [-0.25, -0.2) is 0 Å². The van der Waals surface area contributed by atoms with Gasteiger partial charge in [0.05, 0.1) is 4.90 Å². The lowest BCUT2D eigenvalue weighted by Crippen LogP contribution is -2.13. The molecule has 1 heterocycles. The molecule has 0 aromatic heterocycles. The number of hydrogen-bond donors (Lipinski definition) is 1. The number of carbonyl (C=O) groups is 1. The van der Waals surface area contributed by atoms with Crippen molar-refractivity contribution in [3.63, 3.8) is 0 Å². The number of allylic oxidation sites excluding steroid dienone is 2. The van der Waals surface area contributed by atoms with Crippen molar-refractivity contribution < 1.29 is 17.8 Å². The molecule has 102 valence electrons. The minimum atomic E-state index is -4.00. The number of hydrogen-bond acceptors (Lipinski definition) is 4. The first-order chi connectivity index (χ1) is 8.93. The van der Waals surface area contributed by atoms with Crippen LogP contribution in [0.5, 0.6) is 0 Å². The van der Waals surface area contributed by atoms with Crippen LogP contribution in [0.25, 0.3) is 0 Å². The zero-order chi connectivity index (χ0) is 14.3. The molecule has 0 spiro atoms. The third-order valence-corrected chi connectivity index (χ3v) is 3.18. The third-order valence-electron chi connectivity index (χ3n) is 2.31. The van der Waals surface area contributed by atoms with Gasteiger partial charge < -0.3 is 4.90 Å². The lowest BCUT2D eigenvalue weighted by molar-refractivity contribution is -0.104. The average Bonchev–Trinajstić information content (AvgIpc) is 2.40. The topological polar surface area (TPSA) is 74.7 Å². The van der Waals surface area contributed by atoms with Gasteiger partial charge >= 0.3 is 0 Å². The van der Waals surface area contributed by atoms with Crippen molar-refractivity contribution in [3.8, 4) is 0 Å². The van der Waals surface area contributed by atoms with Gasteiger partial charge in [0.25, 0.3) is 10.1 Å². The summed E-state index contributed by atoms with van der Waals surface area (Å²) in [6.07, 6.45) is 6.46. The van der Waals surface area contributed by atoms with E-state index >= 15 is 0 Å². The van der Waals surface area contributed by atoms with Crippen LogP contribution in [-0.2, 0) is 14.9 Å². The van der Waals surface area contributed by atoms with Gasteiger partial charge in [0.2, 0.25) is 0 Å². The molecule has 0 saturated heterocycles. The summed E-state index contributed by atoms with van der Waals surface area (Å²) in [7, 11) is -2.04. The van der Waals surface area contributed by atoms with Crippen LogP contribution in [0.1, 0.15) is 0 Å². The van der Waals surface area contributed by atoms with E-state index in [0.717, 1.165) is 18.4 Å². The maximum atomic E-state index is 10.4. The average molecular weight is 281 g/mol. The number of benzene rings is 1. The molecule has 0 amide bonds. The first kappa shape index (κ1) is 15.1. The normalized spacial score (nSPS) is 14.2. The van der Waals surface area contributed by atoms with E-state index in [2.05, 4.69) is 0 Å². The Kier molecular flexibility index (Phi) is 5.47. The van der Waals surface area contributed by atoms with Crippen LogP contribution in [0.15, 0.2) is 59.2 Å². The van der Waals surface area contributed by atoms with Crippen molar-refractivity contribution in [3.05, 3.63) is 54.3 Å². The fraction of sp³-hybridized carbons (Fsp3) is 0.154. The fourth-order valence-electron chi connectivity index (χ4n) is 1.27. The molecule has 1 aliphatic rings. The molecule has 19 heavy (non-hydrogen) atoms. The van der Waals surface area contributed by atoms with Crippen molar-refractivity contribution in [1.29, 1.82) is 0 Å². The van der Waals surface area contributed by atoms with Crippen LogP contribution in [0, 0.1) is 0 Å². The van der Waals surface area contributed by atoms with Gasteiger partial charge in [0, 0.05) is 19.2 Å². The van der Waals surface area contributed by atoms with E-state index in [-0.39, 0.29) is 4.90 Å². The number of aldehydes is 1. The summed E-state index contributed by atoms with van der Waals surface area (Å²) in [6.45, 7) is 0.838. The Morgan fingerprint density at radius 3 is 2.26 bits per heavy atom. The second-order valence-corrected chi connectivity index (χ2v) is 5.29. The largest absolute Gasteiger partial charge is 0.377 e. The number of nitrogens with zero attached hydrogens (tertiary/aromatic N) is 1. The predicted octanol–water partition coefficient (Wildman–Crippen LogP) is 1.50. The van der Waals surface area contributed by atoms with E-state index in [1.54, 1.807) is 24.3 Å². The molecule has 5 nitrogen and oxygen atoms in total. The molecule has 0 unspecified atom stereocenters. The molecule has 6 heteroatoms. The molecule has 1 aromatic carbocycles. The maximum Gasteiger partial charge on any atom is 0.294 e. The Morgan fingerprint density at radius 1 is 1.26 bits per heavy atom. The lowest BCUT2D eigenvalue weighted by Gasteiger charge is -2.14. The molecular formula is C13H15NO4S. The fourth-order valence-corrected chi connectivity index (χ4v) is 1.77. The quantitative estimate of drug-likeness (QED) is 0.657. The minimum absolute atomic E-state index is 0.0741. The van der Waals surface area contributed by atoms with Crippen molar-refractivity contribution in [2.24, 2.45) is 0 Å². The van der Waals surface area contributed by atoms with Gasteiger partial charge in [-0.05, 0) is 24.4 Å². The van der Waals surface area contributed by atoms with E-state index in [9.17, 15) is 13.2 Å². The number of likely N-dealkylation sites (N-methyl/N-ethyl adjacent to an activating group) is 1. The van der Waals surface area contributed by atoms with Gasteiger partial charge in [-0.2, -0.15) is 8.42 Å². The van der Waals surface area contributed by atoms with Gasteiger partial charge in [-0.3, -0.25) is 9.35 Å². The molecule has 0 fully saturated rings. The van der Waals surface area contributed by atoms with Crippen molar-refractivity contribution in [2.75, 3.05) is 13.6 Å². The summed E-state index contributed by atoms with van der Waals surface area (Å²) in [6, 6.07) is 7.42. The molecule has 2 rings (SSSR count). The summed E-state index contributed by atoms with van der Waals surface area (Å²) in [4.78, 5) is 12.1. The molecule has 1 aromatic rings. The van der Waals surface area contributed by atoms with Crippen LogP contribution in [-0.4, -0.2) is 37.7 Å². The van der Waals surface area contributed by atoms with E-state index in [1.807, 2.05) is 24.2 Å². The monoisotopic (exact) mass is 281 g/mol. The number of carbonyl (C=O) groups excluding carboxylic acids is 1. The summed E-state index contributed by atoms with van der Waals surface area (Å²) >= 11 is 0. The Bertz CT molecular complexity index is 576. The molecular weight excluding hydrogens is 266 g/mol. The molecule has 0 bridgehead atoms. The lowest BCUT2D eigenvalue weighted by atomic mass is 10.2. The first-order valence-electron chi connectivity index (χ1n) is 5.50. The van der Waals surface area contributed by atoms with Gasteiger partial charge in [-0.1, -0.05) is 24.3 Å². The Morgan fingerprint density at radius 2 is 1.89 bits per heavy atom. The van der Waals surface area contributed by atoms with Gasteiger partial charge in [0.1, 0.15) is 6.29 Å². The van der Waals surface area contributed by atoms with Gasteiger partial charge in [-0.15, -0.1) is 0 Å². The first-order valence-corrected chi connectivity index (χ1v) is 6.94. The Hall–Kier alpha value is -1.92. The molecule has 1 aliphatic heterocycles. The predicted molar refractivity (Wildman–Crippen MR) is 72.2 cm³/mol. The number of rotatable bonds is 2. The van der Waals surface area contributed by atoms with E-state index in [1.165, 1.54) is 12.1 Å². The van der Waals surface area contributed by atoms with Crippen LogP contribution in [0.2, 0.25) is 0 Å². The molecule has 0 radical (unpaired) electrons. The second kappa shape index (κ2) is 6.86. The zero-order valence-corrected chi connectivity index (χ0v) is 11.2. The highest BCUT2D eigenvalue weighted by Gasteiger charge is 2.05. The summed E-state index contributed by atoms with van der Waals surface area (Å²) in [5.74, 6) is 0. The third kappa shape index (κ3) is 5.50. The highest BCUT2D eigenvalue weighted by Crippen LogP contribution is 2.05. The second-order valence-electron chi connectivity index (χ2n) is 3.87. The zero-order valence-electron chi connectivity index (χ0n) is 10.4. The Labute approximate surface area is 112 Å². The summed E-state index contributed by atoms with van der Waals surface area (Å²) in [5.41, 5.74) is 0.771.